The van der Waals surface area contributed by atoms with Crippen molar-refractivity contribution in [3.8, 4) is 0 Å². The molecular weight excluding hydrogens is 316 g/mol. The SMILES string of the molecule is CCn1nc(C)c(Br)c1CC(NN)C1(C)CCCCC1. The lowest BCUT2D eigenvalue weighted by molar-refractivity contribution is 0.142. The normalized spacial score (nSPS) is 20.1. The van der Waals surface area contributed by atoms with Gasteiger partial charge >= 0.3 is 0 Å². The summed E-state index contributed by atoms with van der Waals surface area (Å²) in [4.78, 5) is 0. The minimum atomic E-state index is 0.295. The van der Waals surface area contributed by atoms with Gasteiger partial charge in [-0.25, -0.2) is 0 Å². The highest BCUT2D eigenvalue weighted by atomic mass is 79.9. The van der Waals surface area contributed by atoms with Crippen molar-refractivity contribution >= 4 is 15.9 Å². The summed E-state index contributed by atoms with van der Waals surface area (Å²) in [6, 6.07) is 0.306. The molecule has 0 saturated heterocycles. The predicted octanol–water partition coefficient (Wildman–Crippen LogP) is 3.32. The molecule has 0 aromatic carbocycles. The van der Waals surface area contributed by atoms with Crippen LogP contribution in [-0.2, 0) is 13.0 Å². The van der Waals surface area contributed by atoms with Crippen LogP contribution in [0, 0.1) is 12.3 Å². The van der Waals surface area contributed by atoms with E-state index < -0.39 is 0 Å². The maximum absolute atomic E-state index is 5.89. The fourth-order valence-corrected chi connectivity index (χ4v) is 3.92. The van der Waals surface area contributed by atoms with E-state index in [1.165, 1.54) is 37.8 Å². The molecule has 4 nitrogen and oxygen atoms in total. The zero-order valence-corrected chi connectivity index (χ0v) is 14.5. The highest BCUT2D eigenvalue weighted by Gasteiger charge is 2.36. The summed E-state index contributed by atoms with van der Waals surface area (Å²) < 4.78 is 3.23. The van der Waals surface area contributed by atoms with E-state index in [1.54, 1.807) is 0 Å². The van der Waals surface area contributed by atoms with Gasteiger partial charge < -0.3 is 0 Å². The second-order valence-electron chi connectivity index (χ2n) is 6.30. The van der Waals surface area contributed by atoms with Gasteiger partial charge in [0.25, 0.3) is 0 Å². The molecule has 114 valence electrons. The lowest BCUT2D eigenvalue weighted by Crippen LogP contribution is -2.49. The van der Waals surface area contributed by atoms with Crippen LogP contribution >= 0.6 is 15.9 Å². The predicted molar refractivity (Wildman–Crippen MR) is 86.3 cm³/mol. The number of nitrogens with two attached hydrogens (primary N) is 1. The zero-order chi connectivity index (χ0) is 14.8. The molecule has 0 aliphatic heterocycles. The zero-order valence-electron chi connectivity index (χ0n) is 12.9. The third-order valence-electron chi connectivity index (χ3n) is 4.89. The second-order valence-corrected chi connectivity index (χ2v) is 7.09. The maximum Gasteiger partial charge on any atom is 0.0738 e. The van der Waals surface area contributed by atoms with Crippen LogP contribution in [0.3, 0.4) is 0 Å². The topological polar surface area (TPSA) is 55.9 Å². The number of hydrogen-bond donors (Lipinski definition) is 2. The number of aryl methyl sites for hydroxylation is 2. The molecule has 1 saturated carbocycles. The summed E-state index contributed by atoms with van der Waals surface area (Å²) in [5.74, 6) is 5.89. The van der Waals surface area contributed by atoms with Crippen molar-refractivity contribution in [3.05, 3.63) is 15.9 Å². The Morgan fingerprint density at radius 2 is 2.05 bits per heavy atom. The van der Waals surface area contributed by atoms with Crippen LogP contribution in [0.5, 0.6) is 0 Å². The van der Waals surface area contributed by atoms with Gasteiger partial charge in [-0.15, -0.1) is 0 Å². The second kappa shape index (κ2) is 6.58. The number of hydrogen-bond acceptors (Lipinski definition) is 3. The largest absolute Gasteiger partial charge is 0.271 e. The Bertz CT molecular complexity index is 449. The molecule has 20 heavy (non-hydrogen) atoms. The molecular formula is C15H27BrN4. The molecule has 1 aliphatic carbocycles. The first-order valence-corrected chi connectivity index (χ1v) is 8.49. The maximum atomic E-state index is 5.89. The molecule has 1 aromatic rings. The van der Waals surface area contributed by atoms with Crippen LogP contribution in [0.4, 0.5) is 0 Å². The summed E-state index contributed by atoms with van der Waals surface area (Å²) in [5, 5.41) is 4.59. The molecule has 0 amide bonds. The quantitative estimate of drug-likeness (QED) is 0.637. The first kappa shape index (κ1) is 16.0. The molecule has 3 N–H and O–H groups in total. The highest BCUT2D eigenvalue weighted by Crippen LogP contribution is 2.40. The average Bonchev–Trinajstić information content (AvgIpc) is 2.72. The van der Waals surface area contributed by atoms with Gasteiger partial charge in [0.05, 0.1) is 15.9 Å². The lowest BCUT2D eigenvalue weighted by atomic mass is 9.69. The molecule has 1 heterocycles. The van der Waals surface area contributed by atoms with E-state index in [0.29, 0.717) is 11.5 Å². The summed E-state index contributed by atoms with van der Waals surface area (Å²) in [5.41, 5.74) is 5.71. The summed E-state index contributed by atoms with van der Waals surface area (Å²) in [6.45, 7) is 7.46. The van der Waals surface area contributed by atoms with E-state index in [1.807, 2.05) is 6.92 Å². The van der Waals surface area contributed by atoms with Gasteiger partial charge in [0.2, 0.25) is 0 Å². The fraction of sp³-hybridized carbons (Fsp3) is 0.800. The molecule has 0 radical (unpaired) electrons. The Kier molecular flexibility index (Phi) is 5.26. The van der Waals surface area contributed by atoms with Crippen molar-refractivity contribution in [1.82, 2.24) is 15.2 Å². The molecule has 1 fully saturated rings. The first-order valence-electron chi connectivity index (χ1n) is 7.69. The van der Waals surface area contributed by atoms with Crippen molar-refractivity contribution in [3.63, 3.8) is 0 Å². The molecule has 1 aromatic heterocycles. The third kappa shape index (κ3) is 3.10. The Morgan fingerprint density at radius 3 is 2.60 bits per heavy atom. The average molecular weight is 343 g/mol. The standard InChI is InChI=1S/C15H27BrN4/c1-4-20-12(14(16)11(2)19-20)10-13(18-17)15(3)8-6-5-7-9-15/h13,18H,4-10,17H2,1-3H3. The van der Waals surface area contributed by atoms with Gasteiger partial charge in [-0.3, -0.25) is 16.0 Å². The molecule has 1 unspecified atom stereocenters. The molecule has 0 bridgehead atoms. The Hall–Kier alpha value is -0.390. The summed E-state index contributed by atoms with van der Waals surface area (Å²) in [6.07, 6.45) is 7.46. The molecule has 1 aliphatic rings. The smallest absolute Gasteiger partial charge is 0.0738 e. The number of aromatic nitrogens is 2. The molecule has 2 rings (SSSR count). The first-order chi connectivity index (χ1) is 9.51. The Labute approximate surface area is 130 Å². The summed E-state index contributed by atoms with van der Waals surface area (Å²) >= 11 is 3.69. The number of halogens is 1. The molecule has 0 spiro atoms. The van der Waals surface area contributed by atoms with Crippen LogP contribution in [0.2, 0.25) is 0 Å². The number of nitrogens with one attached hydrogen (secondary N) is 1. The van der Waals surface area contributed by atoms with Gasteiger partial charge in [-0.1, -0.05) is 26.2 Å². The number of rotatable bonds is 5. The Morgan fingerprint density at radius 1 is 1.40 bits per heavy atom. The van der Waals surface area contributed by atoms with Crippen molar-refractivity contribution < 1.29 is 0 Å². The van der Waals surface area contributed by atoms with Gasteiger partial charge in [-0.2, -0.15) is 5.10 Å². The number of nitrogens with zero attached hydrogens (tertiary/aromatic N) is 2. The van der Waals surface area contributed by atoms with Gasteiger partial charge in [0, 0.05) is 19.0 Å². The van der Waals surface area contributed by atoms with E-state index in [9.17, 15) is 0 Å². The molecule has 1 atom stereocenters. The van der Waals surface area contributed by atoms with Crippen molar-refractivity contribution in [1.29, 1.82) is 0 Å². The van der Waals surface area contributed by atoms with E-state index in [0.717, 1.165) is 23.1 Å². The van der Waals surface area contributed by atoms with Crippen LogP contribution in [0.15, 0.2) is 4.47 Å². The highest BCUT2D eigenvalue weighted by molar-refractivity contribution is 9.10. The van der Waals surface area contributed by atoms with E-state index in [4.69, 9.17) is 5.84 Å². The van der Waals surface area contributed by atoms with E-state index in [2.05, 4.69) is 45.0 Å². The van der Waals surface area contributed by atoms with Crippen LogP contribution in [-0.4, -0.2) is 15.8 Å². The third-order valence-corrected chi connectivity index (χ3v) is 5.92. The van der Waals surface area contributed by atoms with Crippen LogP contribution in [0.1, 0.15) is 57.3 Å². The minimum absolute atomic E-state index is 0.295. The van der Waals surface area contributed by atoms with Crippen molar-refractivity contribution in [2.24, 2.45) is 11.3 Å². The summed E-state index contributed by atoms with van der Waals surface area (Å²) in [7, 11) is 0. The van der Waals surface area contributed by atoms with Gasteiger partial charge in [0.1, 0.15) is 0 Å². The van der Waals surface area contributed by atoms with Crippen LogP contribution in [0.25, 0.3) is 0 Å². The van der Waals surface area contributed by atoms with Crippen LogP contribution < -0.4 is 11.3 Å². The fourth-order valence-electron chi connectivity index (χ4n) is 3.47. The van der Waals surface area contributed by atoms with Crippen molar-refractivity contribution in [2.45, 2.75) is 71.9 Å². The minimum Gasteiger partial charge on any atom is -0.271 e. The van der Waals surface area contributed by atoms with Gasteiger partial charge in [-0.05, 0) is 48.0 Å². The Balaban J connectivity index is 2.22. The van der Waals surface area contributed by atoms with Crippen molar-refractivity contribution in [2.75, 3.05) is 0 Å². The molecule has 5 heteroatoms. The van der Waals surface area contributed by atoms with E-state index in [-0.39, 0.29) is 0 Å². The van der Waals surface area contributed by atoms with E-state index >= 15 is 0 Å². The monoisotopic (exact) mass is 342 g/mol. The lowest BCUT2D eigenvalue weighted by Gasteiger charge is -2.40. The number of hydrazine groups is 1. The van der Waals surface area contributed by atoms with Gasteiger partial charge in [0.15, 0.2) is 0 Å².